The van der Waals surface area contributed by atoms with Crippen LogP contribution in [-0.2, 0) is 11.3 Å². The van der Waals surface area contributed by atoms with Crippen molar-refractivity contribution in [3.05, 3.63) is 23.7 Å². The van der Waals surface area contributed by atoms with Crippen molar-refractivity contribution < 1.29 is 4.79 Å². The maximum atomic E-state index is 12.2. The van der Waals surface area contributed by atoms with E-state index in [1.807, 2.05) is 5.38 Å². The van der Waals surface area contributed by atoms with Crippen LogP contribution >= 0.6 is 11.3 Å². The molecule has 0 saturated carbocycles. The summed E-state index contributed by atoms with van der Waals surface area (Å²) in [4.78, 5) is 18.5. The molecule has 2 aromatic heterocycles. The third-order valence-corrected chi connectivity index (χ3v) is 4.58. The van der Waals surface area contributed by atoms with Crippen LogP contribution in [0.25, 0.3) is 0 Å². The summed E-state index contributed by atoms with van der Waals surface area (Å²) in [5.74, 6) is 1.48. The largest absolute Gasteiger partial charge is 0.316 e. The second kappa shape index (κ2) is 7.18. The van der Waals surface area contributed by atoms with Crippen LogP contribution in [0, 0.1) is 5.92 Å². The van der Waals surface area contributed by atoms with Crippen LogP contribution in [0.2, 0.25) is 0 Å². The van der Waals surface area contributed by atoms with E-state index in [0.717, 1.165) is 31.8 Å². The molecule has 7 nitrogen and oxygen atoms in total. The minimum Gasteiger partial charge on any atom is -0.316 e. The van der Waals surface area contributed by atoms with E-state index in [4.69, 9.17) is 0 Å². The highest BCUT2D eigenvalue weighted by Crippen LogP contribution is 2.30. The molecule has 1 amide bonds. The fraction of sp³-hybridized carbons (Fsp3) is 0.600. The van der Waals surface area contributed by atoms with Crippen LogP contribution in [0.4, 0.5) is 5.13 Å². The summed E-state index contributed by atoms with van der Waals surface area (Å²) in [6.45, 7) is 6.52. The second-order valence-electron chi connectivity index (χ2n) is 6.25. The average molecular weight is 334 g/mol. The van der Waals surface area contributed by atoms with Crippen molar-refractivity contribution in [3.8, 4) is 0 Å². The van der Waals surface area contributed by atoms with Gasteiger partial charge in [-0.2, -0.15) is 0 Å². The number of hydrogen-bond acceptors (Lipinski definition) is 6. The number of aromatic nitrogens is 4. The molecule has 8 heteroatoms. The molecule has 0 radical (unpaired) electrons. The van der Waals surface area contributed by atoms with Gasteiger partial charge in [-0.3, -0.25) is 9.69 Å². The van der Waals surface area contributed by atoms with Gasteiger partial charge >= 0.3 is 0 Å². The topological polar surface area (TPSA) is 75.9 Å². The van der Waals surface area contributed by atoms with Crippen molar-refractivity contribution >= 4 is 22.4 Å². The first-order valence-corrected chi connectivity index (χ1v) is 8.82. The second-order valence-corrected chi connectivity index (χ2v) is 7.14. The van der Waals surface area contributed by atoms with Gasteiger partial charge in [0.1, 0.15) is 12.2 Å². The highest BCUT2D eigenvalue weighted by atomic mass is 32.1. The first-order valence-electron chi connectivity index (χ1n) is 7.94. The summed E-state index contributed by atoms with van der Waals surface area (Å²) in [6.07, 6.45) is 5.57. The zero-order valence-electron chi connectivity index (χ0n) is 13.5. The fourth-order valence-electron chi connectivity index (χ4n) is 2.99. The highest BCUT2D eigenvalue weighted by Gasteiger charge is 2.31. The monoisotopic (exact) mass is 334 g/mol. The number of likely N-dealkylation sites (tertiary alicyclic amines) is 1. The van der Waals surface area contributed by atoms with Crippen molar-refractivity contribution in [1.82, 2.24) is 24.6 Å². The molecule has 1 fully saturated rings. The van der Waals surface area contributed by atoms with E-state index in [1.165, 1.54) is 11.3 Å². The van der Waals surface area contributed by atoms with Crippen molar-refractivity contribution in [1.29, 1.82) is 0 Å². The van der Waals surface area contributed by atoms with Crippen molar-refractivity contribution in [3.63, 3.8) is 0 Å². The van der Waals surface area contributed by atoms with Crippen LogP contribution in [0.3, 0.4) is 0 Å². The maximum absolute atomic E-state index is 12.2. The molecule has 0 aliphatic carbocycles. The Kier molecular flexibility index (Phi) is 5.02. The van der Waals surface area contributed by atoms with Gasteiger partial charge in [-0.1, -0.05) is 13.8 Å². The minimum atomic E-state index is -0.0261. The van der Waals surface area contributed by atoms with Crippen molar-refractivity contribution in [2.75, 3.05) is 18.4 Å². The lowest BCUT2D eigenvalue weighted by Crippen LogP contribution is -2.34. The Morgan fingerprint density at radius 3 is 3.13 bits per heavy atom. The molecule has 124 valence electrons. The lowest BCUT2D eigenvalue weighted by Gasteiger charge is -2.23. The van der Waals surface area contributed by atoms with Crippen LogP contribution in [0.1, 0.15) is 38.6 Å². The first-order chi connectivity index (χ1) is 11.1. The molecule has 1 unspecified atom stereocenters. The van der Waals surface area contributed by atoms with Gasteiger partial charge in [0, 0.05) is 18.1 Å². The predicted octanol–water partition coefficient (Wildman–Crippen LogP) is 2.17. The molecule has 3 rings (SSSR count). The molecule has 0 aromatic carbocycles. The number of rotatable bonds is 6. The summed E-state index contributed by atoms with van der Waals surface area (Å²) in [5, 5.41) is 13.7. The summed E-state index contributed by atoms with van der Waals surface area (Å²) in [6, 6.07) is 0.165. The zero-order valence-corrected chi connectivity index (χ0v) is 14.3. The van der Waals surface area contributed by atoms with Gasteiger partial charge in [0.2, 0.25) is 5.91 Å². The molecule has 3 heterocycles. The number of amides is 1. The smallest absolute Gasteiger partial charge is 0.240 e. The normalized spacial score (nSPS) is 18.7. The highest BCUT2D eigenvalue weighted by molar-refractivity contribution is 7.13. The molecule has 0 spiro atoms. The van der Waals surface area contributed by atoms with E-state index in [0.29, 0.717) is 17.6 Å². The standard InChI is InChI=1S/C15H22N6OS/c1-11(2)8-21-10-17-19-14(21)12-4-3-6-20(12)9-13(22)18-15-16-5-7-23-15/h5,7,10-12H,3-4,6,8-9H2,1-2H3,(H,16,18,22). The van der Waals surface area contributed by atoms with Crippen molar-refractivity contribution in [2.45, 2.75) is 39.3 Å². The Bertz CT molecular complexity index is 638. The van der Waals surface area contributed by atoms with E-state index in [9.17, 15) is 4.79 Å². The third kappa shape index (κ3) is 3.94. The summed E-state index contributed by atoms with van der Waals surface area (Å²) in [7, 11) is 0. The number of hydrogen-bond donors (Lipinski definition) is 1. The molecular weight excluding hydrogens is 312 g/mol. The van der Waals surface area contributed by atoms with E-state index in [-0.39, 0.29) is 11.9 Å². The molecule has 1 N–H and O–H groups in total. The lowest BCUT2D eigenvalue weighted by atomic mass is 10.2. The van der Waals surface area contributed by atoms with Crippen LogP contribution in [-0.4, -0.2) is 43.6 Å². The predicted molar refractivity (Wildman–Crippen MR) is 89.2 cm³/mol. The van der Waals surface area contributed by atoms with E-state index < -0.39 is 0 Å². The number of nitrogens with zero attached hydrogens (tertiary/aromatic N) is 5. The fourth-order valence-corrected chi connectivity index (χ4v) is 3.54. The Hall–Kier alpha value is -1.80. The number of anilines is 1. The van der Waals surface area contributed by atoms with Gasteiger partial charge in [-0.25, -0.2) is 4.98 Å². The average Bonchev–Trinajstić information content (AvgIpc) is 3.20. The van der Waals surface area contributed by atoms with E-state index in [2.05, 4.69) is 43.8 Å². The Morgan fingerprint density at radius 1 is 1.52 bits per heavy atom. The molecular formula is C15H22N6OS. The van der Waals surface area contributed by atoms with E-state index in [1.54, 1.807) is 12.5 Å². The quantitative estimate of drug-likeness (QED) is 0.876. The Morgan fingerprint density at radius 2 is 2.39 bits per heavy atom. The van der Waals surface area contributed by atoms with Gasteiger partial charge < -0.3 is 9.88 Å². The maximum Gasteiger partial charge on any atom is 0.240 e. The van der Waals surface area contributed by atoms with Gasteiger partial charge in [-0.15, -0.1) is 21.5 Å². The molecule has 1 aliphatic heterocycles. The minimum absolute atomic E-state index is 0.0261. The van der Waals surface area contributed by atoms with E-state index >= 15 is 0 Å². The van der Waals surface area contributed by atoms with Gasteiger partial charge in [0.15, 0.2) is 5.13 Å². The van der Waals surface area contributed by atoms with Gasteiger partial charge in [0.25, 0.3) is 0 Å². The number of carbonyl (C=O) groups excluding carboxylic acids is 1. The molecule has 0 bridgehead atoms. The molecule has 2 aromatic rings. The number of thiazole rings is 1. The molecule has 1 saturated heterocycles. The van der Waals surface area contributed by atoms with Crippen molar-refractivity contribution in [2.24, 2.45) is 5.92 Å². The number of nitrogens with one attached hydrogen (secondary N) is 1. The van der Waals surface area contributed by atoms with Gasteiger partial charge in [-0.05, 0) is 25.3 Å². The lowest BCUT2D eigenvalue weighted by molar-refractivity contribution is -0.117. The first kappa shape index (κ1) is 16.1. The van der Waals surface area contributed by atoms with Crippen LogP contribution in [0.5, 0.6) is 0 Å². The van der Waals surface area contributed by atoms with Crippen LogP contribution in [0.15, 0.2) is 17.9 Å². The molecule has 1 aliphatic rings. The Balaban J connectivity index is 1.66. The van der Waals surface area contributed by atoms with Gasteiger partial charge in [0.05, 0.1) is 12.6 Å². The number of carbonyl (C=O) groups is 1. The third-order valence-electron chi connectivity index (χ3n) is 3.89. The van der Waals surface area contributed by atoms with Crippen LogP contribution < -0.4 is 5.32 Å². The molecule has 1 atom stereocenters. The summed E-state index contributed by atoms with van der Waals surface area (Å²) in [5.41, 5.74) is 0. The molecule has 23 heavy (non-hydrogen) atoms. The zero-order chi connectivity index (χ0) is 16.2. The SMILES string of the molecule is CC(C)Cn1cnnc1C1CCCN1CC(=O)Nc1nccs1. The summed E-state index contributed by atoms with van der Waals surface area (Å²) < 4.78 is 2.12. The Labute approximate surface area is 139 Å². The summed E-state index contributed by atoms with van der Waals surface area (Å²) >= 11 is 1.43.